The molecular formula is C19H20ClF3. The van der Waals surface area contributed by atoms with Crippen molar-refractivity contribution in [3.05, 3.63) is 70.2 Å². The Labute approximate surface area is 140 Å². The molecule has 0 aromatic heterocycles. The summed E-state index contributed by atoms with van der Waals surface area (Å²) in [5.74, 6) is 0.521. The van der Waals surface area contributed by atoms with Crippen molar-refractivity contribution in [2.45, 2.75) is 38.8 Å². The molecule has 0 radical (unpaired) electrons. The van der Waals surface area contributed by atoms with Gasteiger partial charge in [0.05, 0.1) is 5.56 Å². The van der Waals surface area contributed by atoms with Crippen LogP contribution in [0.5, 0.6) is 0 Å². The Morgan fingerprint density at radius 2 is 1.26 bits per heavy atom. The van der Waals surface area contributed by atoms with Crippen molar-refractivity contribution in [1.29, 1.82) is 0 Å². The molecule has 4 heteroatoms. The topological polar surface area (TPSA) is 0 Å². The van der Waals surface area contributed by atoms with Crippen molar-refractivity contribution < 1.29 is 13.2 Å². The lowest BCUT2D eigenvalue weighted by atomic mass is 9.94. The molecule has 0 spiro atoms. The van der Waals surface area contributed by atoms with Gasteiger partial charge in [-0.05, 0) is 67.0 Å². The largest absolute Gasteiger partial charge is 0.416 e. The first-order chi connectivity index (χ1) is 10.8. The zero-order valence-corrected chi connectivity index (χ0v) is 13.8. The number of aryl methyl sites for hydroxylation is 2. The fraction of sp³-hybridized carbons (Fsp3) is 0.368. The summed E-state index contributed by atoms with van der Waals surface area (Å²) in [5.41, 5.74) is 1.63. The molecule has 2 aromatic carbocycles. The van der Waals surface area contributed by atoms with E-state index in [-0.39, 0.29) is 0 Å². The van der Waals surface area contributed by atoms with E-state index in [2.05, 4.69) is 6.92 Å². The fourth-order valence-corrected chi connectivity index (χ4v) is 2.61. The molecule has 0 saturated carbocycles. The average Bonchev–Trinajstić information content (AvgIpc) is 2.52. The minimum absolute atomic E-state index is 0.521. The highest BCUT2D eigenvalue weighted by molar-refractivity contribution is 6.30. The summed E-state index contributed by atoms with van der Waals surface area (Å²) in [7, 11) is 0. The molecule has 0 bridgehead atoms. The zero-order valence-electron chi connectivity index (χ0n) is 13.0. The van der Waals surface area contributed by atoms with Crippen LogP contribution < -0.4 is 0 Å². The number of hydrogen-bond donors (Lipinski definition) is 0. The second-order valence-corrected chi connectivity index (χ2v) is 6.44. The minimum Gasteiger partial charge on any atom is -0.166 e. The molecule has 0 heterocycles. The predicted octanol–water partition coefficient (Wildman–Crippen LogP) is 6.56. The van der Waals surface area contributed by atoms with Crippen molar-refractivity contribution in [2.75, 3.05) is 0 Å². The van der Waals surface area contributed by atoms with Crippen LogP contribution in [0.15, 0.2) is 48.5 Å². The molecule has 2 rings (SSSR count). The van der Waals surface area contributed by atoms with Gasteiger partial charge >= 0.3 is 6.18 Å². The molecule has 0 aliphatic heterocycles. The minimum atomic E-state index is -4.26. The van der Waals surface area contributed by atoms with Crippen LogP contribution in [0.2, 0.25) is 5.02 Å². The number of hydrogen-bond acceptors (Lipinski definition) is 0. The van der Waals surface area contributed by atoms with Crippen molar-refractivity contribution in [3.8, 4) is 0 Å². The SMILES string of the molecule is CC(CCc1ccc(Cl)cc1)CCc1ccc(C(F)(F)F)cc1. The predicted molar refractivity (Wildman–Crippen MR) is 88.7 cm³/mol. The van der Waals surface area contributed by atoms with Crippen molar-refractivity contribution in [1.82, 2.24) is 0 Å². The first-order valence-electron chi connectivity index (χ1n) is 7.75. The van der Waals surface area contributed by atoms with Gasteiger partial charge in [-0.2, -0.15) is 13.2 Å². The third kappa shape index (κ3) is 5.91. The summed E-state index contributed by atoms with van der Waals surface area (Å²) in [6.45, 7) is 2.18. The van der Waals surface area contributed by atoms with E-state index in [9.17, 15) is 13.2 Å². The number of benzene rings is 2. The van der Waals surface area contributed by atoms with E-state index in [1.165, 1.54) is 5.56 Å². The second-order valence-electron chi connectivity index (χ2n) is 6.00. The monoisotopic (exact) mass is 340 g/mol. The standard InChI is InChI=1S/C19H20ClF3/c1-14(3-5-16-8-12-18(20)13-9-16)2-4-15-6-10-17(11-7-15)19(21,22)23/h6-14H,2-5H2,1H3. The molecule has 0 nitrogen and oxygen atoms in total. The molecule has 124 valence electrons. The summed E-state index contributed by atoms with van der Waals surface area (Å²) in [4.78, 5) is 0. The van der Waals surface area contributed by atoms with E-state index < -0.39 is 11.7 Å². The second kappa shape index (κ2) is 7.87. The van der Waals surface area contributed by atoms with E-state index in [4.69, 9.17) is 11.6 Å². The van der Waals surface area contributed by atoms with Crippen LogP contribution in [-0.4, -0.2) is 0 Å². The average molecular weight is 341 g/mol. The van der Waals surface area contributed by atoms with E-state index in [0.717, 1.165) is 48.4 Å². The maximum atomic E-state index is 12.5. The van der Waals surface area contributed by atoms with Gasteiger partial charge in [0.2, 0.25) is 0 Å². The summed E-state index contributed by atoms with van der Waals surface area (Å²) in [5, 5.41) is 0.740. The Kier molecular flexibility index (Phi) is 6.11. The molecule has 0 amide bonds. The van der Waals surface area contributed by atoms with Crippen molar-refractivity contribution in [3.63, 3.8) is 0 Å². The summed E-state index contributed by atoms with van der Waals surface area (Å²) >= 11 is 5.86. The molecule has 0 saturated heterocycles. The van der Waals surface area contributed by atoms with Gasteiger partial charge in [-0.1, -0.05) is 42.8 Å². The Bertz CT molecular complexity index is 600. The van der Waals surface area contributed by atoms with Crippen molar-refractivity contribution in [2.24, 2.45) is 5.92 Å². The van der Waals surface area contributed by atoms with Crippen LogP contribution in [0.25, 0.3) is 0 Å². The Morgan fingerprint density at radius 3 is 1.70 bits per heavy atom. The van der Waals surface area contributed by atoms with Crippen LogP contribution in [0.4, 0.5) is 13.2 Å². The highest BCUT2D eigenvalue weighted by atomic mass is 35.5. The van der Waals surface area contributed by atoms with Gasteiger partial charge < -0.3 is 0 Å². The van der Waals surface area contributed by atoms with E-state index in [1.54, 1.807) is 12.1 Å². The summed E-state index contributed by atoms with van der Waals surface area (Å²) < 4.78 is 37.5. The van der Waals surface area contributed by atoms with Crippen LogP contribution in [-0.2, 0) is 19.0 Å². The van der Waals surface area contributed by atoms with E-state index in [0.29, 0.717) is 5.92 Å². The third-order valence-corrected chi connectivity index (χ3v) is 4.30. The molecule has 0 fully saturated rings. The normalized spacial score (nSPS) is 13.1. The smallest absolute Gasteiger partial charge is 0.166 e. The Hall–Kier alpha value is -1.48. The molecule has 0 N–H and O–H groups in total. The Balaban J connectivity index is 1.77. The summed E-state index contributed by atoms with van der Waals surface area (Å²) in [6.07, 6.45) is -0.434. The number of alkyl halides is 3. The van der Waals surface area contributed by atoms with Gasteiger partial charge in [-0.3, -0.25) is 0 Å². The summed E-state index contributed by atoms with van der Waals surface area (Å²) in [6, 6.07) is 13.3. The molecular weight excluding hydrogens is 321 g/mol. The van der Waals surface area contributed by atoms with Crippen LogP contribution in [0.1, 0.15) is 36.5 Å². The highest BCUT2D eigenvalue weighted by Gasteiger charge is 2.29. The van der Waals surface area contributed by atoms with Gasteiger partial charge in [0.25, 0.3) is 0 Å². The molecule has 1 unspecified atom stereocenters. The van der Waals surface area contributed by atoms with Crippen molar-refractivity contribution >= 4 is 11.6 Å². The molecule has 0 aliphatic carbocycles. The zero-order chi connectivity index (χ0) is 16.9. The maximum Gasteiger partial charge on any atom is 0.416 e. The molecule has 23 heavy (non-hydrogen) atoms. The van der Waals surface area contributed by atoms with E-state index >= 15 is 0 Å². The maximum absolute atomic E-state index is 12.5. The quantitative estimate of drug-likeness (QED) is 0.558. The first kappa shape index (κ1) is 17.9. The van der Waals surface area contributed by atoms with Gasteiger partial charge in [0.15, 0.2) is 0 Å². The number of rotatable bonds is 6. The van der Waals surface area contributed by atoms with Crippen LogP contribution >= 0.6 is 11.6 Å². The van der Waals surface area contributed by atoms with Gasteiger partial charge in [-0.25, -0.2) is 0 Å². The lowest BCUT2D eigenvalue weighted by molar-refractivity contribution is -0.137. The van der Waals surface area contributed by atoms with E-state index in [1.807, 2.05) is 24.3 Å². The number of halogens is 4. The fourth-order valence-electron chi connectivity index (χ4n) is 2.48. The lowest BCUT2D eigenvalue weighted by Crippen LogP contribution is -2.05. The van der Waals surface area contributed by atoms with Crippen LogP contribution in [0, 0.1) is 5.92 Å². The first-order valence-corrected chi connectivity index (χ1v) is 8.13. The molecule has 0 aliphatic rings. The Morgan fingerprint density at radius 1 is 0.826 bits per heavy atom. The third-order valence-electron chi connectivity index (χ3n) is 4.05. The lowest BCUT2D eigenvalue weighted by Gasteiger charge is -2.12. The van der Waals surface area contributed by atoms with Gasteiger partial charge in [0, 0.05) is 5.02 Å². The van der Waals surface area contributed by atoms with Gasteiger partial charge in [-0.15, -0.1) is 0 Å². The van der Waals surface area contributed by atoms with Gasteiger partial charge in [0.1, 0.15) is 0 Å². The van der Waals surface area contributed by atoms with Crippen LogP contribution in [0.3, 0.4) is 0 Å². The molecule has 1 atom stereocenters. The molecule has 2 aromatic rings. The highest BCUT2D eigenvalue weighted by Crippen LogP contribution is 2.29.